The van der Waals surface area contributed by atoms with Gasteiger partial charge in [0.25, 0.3) is 0 Å². The van der Waals surface area contributed by atoms with Gasteiger partial charge in [-0.3, -0.25) is 0 Å². The van der Waals surface area contributed by atoms with Crippen molar-refractivity contribution in [2.75, 3.05) is 0 Å². The first kappa shape index (κ1) is 5.98. The zero-order valence-corrected chi connectivity index (χ0v) is 6.91. The molecule has 1 fully saturated rings. The van der Waals surface area contributed by atoms with Crippen molar-refractivity contribution in [3.05, 3.63) is 0 Å². The minimum absolute atomic E-state index is 3.07. The molecule has 0 bridgehead atoms. The van der Waals surface area contributed by atoms with Crippen LogP contribution in [0.15, 0.2) is 0 Å². The van der Waals surface area contributed by atoms with E-state index < -0.39 is 35.2 Å². The zero-order valence-electron chi connectivity index (χ0n) is 2.90. The molecule has 0 spiro atoms. The van der Waals surface area contributed by atoms with Crippen molar-refractivity contribution < 1.29 is 49.8 Å². The number of rotatable bonds is 0. The molecular weight excluding hydrogens is 272 g/mol. The molecule has 0 atom stereocenters. The number of hydrogen-bond acceptors (Lipinski definition) is 4. The Bertz CT molecular complexity index is 134. The fraction of sp³-hybridized carbons (Fsp3) is 0. The van der Waals surface area contributed by atoms with Gasteiger partial charge >= 0.3 is 49.8 Å². The summed E-state index contributed by atoms with van der Waals surface area (Å²) >= 11 is -7.51. The summed E-state index contributed by atoms with van der Waals surface area (Å²) in [5.41, 5.74) is 0. The Hall–Kier alpha value is 0.857. The van der Waals surface area contributed by atoms with Gasteiger partial charge < -0.3 is 0 Å². The average Bonchev–Trinajstić information content (AvgIpc) is 1.27. The Balaban J connectivity index is 2.60. The van der Waals surface area contributed by atoms with E-state index in [0.717, 1.165) is 0 Å². The predicted molar refractivity (Wildman–Crippen MR) is 5.76 cm³/mol. The Labute approximate surface area is 49.9 Å². The van der Waals surface area contributed by atoms with E-state index in [0.29, 0.717) is 0 Å². The van der Waals surface area contributed by atoms with Crippen LogP contribution in [0.1, 0.15) is 0 Å². The summed E-state index contributed by atoms with van der Waals surface area (Å²) in [6, 6.07) is 0. The van der Waals surface area contributed by atoms with E-state index in [2.05, 4.69) is 4.09 Å². The van der Waals surface area contributed by atoms with Crippen molar-refractivity contribution in [1.29, 1.82) is 0 Å². The summed E-state index contributed by atoms with van der Waals surface area (Å²) < 4.78 is 35.7. The molecule has 1 aliphatic heterocycles. The second kappa shape index (κ2) is 1.67. The topological polar surface area (TPSA) is 72.8 Å². The van der Waals surface area contributed by atoms with Gasteiger partial charge in [-0.1, -0.05) is 0 Å². The first-order valence-electron chi connectivity index (χ1n) is 1.18. The molecule has 43 valence electrons. The maximum atomic E-state index is 9.91. The minimum atomic E-state index is -4.45. The fourth-order valence-corrected chi connectivity index (χ4v) is 5.09. The van der Waals surface area contributed by atoms with E-state index in [1.54, 1.807) is 0 Å². The molecular formula is HMo2O5. The van der Waals surface area contributed by atoms with Crippen LogP contribution in [-0.2, 0) is 46.1 Å². The molecule has 7 heteroatoms. The van der Waals surface area contributed by atoms with Gasteiger partial charge in [0.05, 0.1) is 0 Å². The van der Waals surface area contributed by atoms with Crippen LogP contribution in [0.4, 0.5) is 0 Å². The monoisotopic (exact) mass is 277 g/mol. The molecule has 1 N–H and O–H groups in total. The zero-order chi connectivity index (χ0) is 5.49. The van der Waals surface area contributed by atoms with E-state index in [1.807, 2.05) is 0 Å². The first-order valence-corrected chi connectivity index (χ1v) is 7.00. The normalized spacial score (nSPS) is 29.3. The van der Waals surface area contributed by atoms with Crippen LogP contribution in [-0.4, -0.2) is 3.76 Å². The first-order chi connectivity index (χ1) is 3.10. The van der Waals surface area contributed by atoms with Crippen molar-refractivity contribution >= 4 is 0 Å². The van der Waals surface area contributed by atoms with Crippen LogP contribution in [0.3, 0.4) is 0 Å². The molecule has 0 aromatic heterocycles. The Morgan fingerprint density at radius 2 is 2.00 bits per heavy atom. The molecule has 0 unspecified atom stereocenters. The molecule has 0 aliphatic carbocycles. The molecule has 0 aromatic rings. The molecule has 1 rings (SSSR count). The van der Waals surface area contributed by atoms with E-state index in [1.165, 1.54) is 0 Å². The van der Waals surface area contributed by atoms with Gasteiger partial charge in [-0.15, -0.1) is 0 Å². The summed E-state index contributed by atoms with van der Waals surface area (Å²) in [6.07, 6.45) is 0. The number of hydrogen-bond donors (Lipinski definition) is 1. The Morgan fingerprint density at radius 3 is 2.00 bits per heavy atom. The van der Waals surface area contributed by atoms with Crippen molar-refractivity contribution in [2.24, 2.45) is 0 Å². The quantitative estimate of drug-likeness (QED) is 0.577. The molecule has 0 amide bonds. The van der Waals surface area contributed by atoms with Gasteiger partial charge in [0, 0.05) is 0 Å². The van der Waals surface area contributed by atoms with Gasteiger partial charge in [0.15, 0.2) is 0 Å². The standard InChI is InChI=1S/2Mo.H2O.4O/h;;1H2;;;;/q;+1;;;;;/p-1. The molecule has 0 radical (unpaired) electrons. The molecule has 0 saturated carbocycles. The summed E-state index contributed by atoms with van der Waals surface area (Å²) in [7, 11) is 0. The third kappa shape index (κ3) is 1.37. The van der Waals surface area contributed by atoms with Crippen LogP contribution in [0.25, 0.3) is 0 Å². The summed E-state index contributed by atoms with van der Waals surface area (Å²) in [4.78, 5) is 0. The van der Waals surface area contributed by atoms with Crippen LogP contribution >= 0.6 is 0 Å². The Kier molecular flexibility index (Phi) is 1.43. The molecule has 1 aliphatic rings. The average molecular weight is 273 g/mol. The maximum absolute atomic E-state index is 9.91. The van der Waals surface area contributed by atoms with Crippen LogP contribution in [0, 0.1) is 0 Å². The molecule has 1 heterocycles. The second-order valence-corrected chi connectivity index (χ2v) is 8.50. The third-order valence-electron chi connectivity index (χ3n) is 0.283. The van der Waals surface area contributed by atoms with Gasteiger partial charge in [-0.2, -0.15) is 0 Å². The van der Waals surface area contributed by atoms with E-state index in [9.17, 15) is 6.80 Å². The molecule has 7 heavy (non-hydrogen) atoms. The molecule has 0 aromatic carbocycles. The van der Waals surface area contributed by atoms with Crippen molar-refractivity contribution in [3.63, 3.8) is 0 Å². The fourth-order valence-electron chi connectivity index (χ4n) is 0.146. The summed E-state index contributed by atoms with van der Waals surface area (Å²) in [6.45, 7) is 0. The van der Waals surface area contributed by atoms with Gasteiger partial charge in [-0.05, 0) is 0 Å². The van der Waals surface area contributed by atoms with E-state index in [-0.39, 0.29) is 0 Å². The second-order valence-electron chi connectivity index (χ2n) is 0.768. The molecule has 1 saturated heterocycles. The van der Waals surface area contributed by atoms with E-state index >= 15 is 0 Å². The SMILES string of the molecule is [O]=[Mo]1[O][Mo](=[O])([OH])[O]1. The van der Waals surface area contributed by atoms with Crippen LogP contribution in [0.2, 0.25) is 0 Å². The van der Waals surface area contributed by atoms with Gasteiger partial charge in [0.1, 0.15) is 0 Å². The van der Waals surface area contributed by atoms with Crippen molar-refractivity contribution in [1.82, 2.24) is 0 Å². The van der Waals surface area contributed by atoms with Crippen LogP contribution < -0.4 is 0 Å². The van der Waals surface area contributed by atoms with Gasteiger partial charge in [-0.25, -0.2) is 0 Å². The van der Waals surface area contributed by atoms with Crippen molar-refractivity contribution in [2.45, 2.75) is 0 Å². The predicted octanol–water partition coefficient (Wildman–Crippen LogP) is -0.936. The summed E-state index contributed by atoms with van der Waals surface area (Å²) in [5.74, 6) is 0. The third-order valence-corrected chi connectivity index (χ3v) is 9.91. The summed E-state index contributed by atoms with van der Waals surface area (Å²) in [5, 5.41) is 0. The van der Waals surface area contributed by atoms with Gasteiger partial charge in [0.2, 0.25) is 0 Å². The molecule has 5 nitrogen and oxygen atoms in total. The Morgan fingerprint density at radius 1 is 1.57 bits per heavy atom. The van der Waals surface area contributed by atoms with E-state index in [4.69, 9.17) is 3.76 Å². The van der Waals surface area contributed by atoms with Crippen LogP contribution in [0.5, 0.6) is 0 Å². The van der Waals surface area contributed by atoms with Crippen molar-refractivity contribution in [3.8, 4) is 0 Å².